The van der Waals surface area contributed by atoms with Gasteiger partial charge in [-0.3, -0.25) is 4.79 Å². The highest BCUT2D eigenvalue weighted by atomic mass is 32.1. The molecule has 4 rings (SSSR count). The van der Waals surface area contributed by atoms with E-state index < -0.39 is 11.7 Å². The van der Waals surface area contributed by atoms with Crippen LogP contribution in [0, 0.1) is 0 Å². The van der Waals surface area contributed by atoms with Crippen molar-refractivity contribution < 1.29 is 22.7 Å². The van der Waals surface area contributed by atoms with Crippen LogP contribution in [0.1, 0.15) is 36.9 Å². The van der Waals surface area contributed by atoms with Crippen molar-refractivity contribution in [1.82, 2.24) is 14.9 Å². The van der Waals surface area contributed by atoms with Crippen molar-refractivity contribution in [2.24, 2.45) is 0 Å². The van der Waals surface area contributed by atoms with E-state index in [9.17, 15) is 18.0 Å². The molecule has 0 unspecified atom stereocenters. The number of alkyl halides is 3. The maximum atomic E-state index is 13.2. The predicted molar refractivity (Wildman–Crippen MR) is 115 cm³/mol. The third-order valence-electron chi connectivity index (χ3n) is 5.26. The van der Waals surface area contributed by atoms with Crippen LogP contribution in [0.3, 0.4) is 0 Å². The number of hydrogen-bond acceptors (Lipinski definition) is 6. The van der Waals surface area contributed by atoms with Crippen LogP contribution in [0.4, 0.5) is 24.1 Å². The molecule has 1 N–H and O–H groups in total. The molecule has 0 bridgehead atoms. The second-order valence-corrected chi connectivity index (χ2v) is 8.32. The zero-order chi connectivity index (χ0) is 22.7. The van der Waals surface area contributed by atoms with Gasteiger partial charge in [-0.15, -0.1) is 11.3 Å². The number of carbonyl (C=O) groups excluding carboxylic acids is 1. The molecule has 168 valence electrons. The largest absolute Gasteiger partial charge is 0.453 e. The van der Waals surface area contributed by atoms with Crippen molar-refractivity contribution in [1.29, 1.82) is 0 Å². The molecule has 0 radical (unpaired) electrons. The fourth-order valence-corrected chi connectivity index (χ4v) is 4.30. The third kappa shape index (κ3) is 5.18. The number of piperidine rings is 1. The summed E-state index contributed by atoms with van der Waals surface area (Å²) in [4.78, 5) is 21.9. The molecular formula is C22H21F3N4O2S. The summed E-state index contributed by atoms with van der Waals surface area (Å²) in [5.41, 5.74) is 0.00387. The molecule has 0 aliphatic carbocycles. The number of aromatic nitrogens is 2. The Morgan fingerprint density at radius 1 is 1.22 bits per heavy atom. The number of hydrogen-bond donors (Lipinski definition) is 1. The zero-order valence-corrected chi connectivity index (χ0v) is 18.0. The van der Waals surface area contributed by atoms with E-state index in [0.29, 0.717) is 24.0 Å². The summed E-state index contributed by atoms with van der Waals surface area (Å²) >= 11 is 1.35. The molecule has 3 aromatic rings. The van der Waals surface area contributed by atoms with E-state index in [1.54, 1.807) is 37.3 Å². The Kier molecular flexibility index (Phi) is 6.31. The first-order valence-electron chi connectivity index (χ1n) is 10.1. The van der Waals surface area contributed by atoms with Gasteiger partial charge in [0.05, 0.1) is 11.3 Å². The van der Waals surface area contributed by atoms with Crippen molar-refractivity contribution in [2.75, 3.05) is 18.4 Å². The SMILES string of the molecule is CC(=O)N1CCC(c2csc(Nc3ncc(C(F)(F)F)cc3Oc3ccccc3)n2)CC1. The van der Waals surface area contributed by atoms with Crippen LogP contribution in [0.2, 0.25) is 0 Å². The minimum Gasteiger partial charge on any atom is -0.453 e. The Bertz CT molecular complexity index is 1080. The predicted octanol–water partition coefficient (Wildman–Crippen LogP) is 5.82. The van der Waals surface area contributed by atoms with Crippen molar-refractivity contribution in [3.8, 4) is 11.5 Å². The number of rotatable bonds is 5. The van der Waals surface area contributed by atoms with Gasteiger partial charge in [0.15, 0.2) is 16.7 Å². The van der Waals surface area contributed by atoms with E-state index in [1.165, 1.54) is 11.3 Å². The quantitative estimate of drug-likeness (QED) is 0.518. The Morgan fingerprint density at radius 2 is 1.94 bits per heavy atom. The molecule has 1 amide bonds. The minimum atomic E-state index is -4.54. The standard InChI is InChI=1S/C22H21F3N4O2S/c1-14(30)29-9-7-15(8-10-29)18-13-32-21(27-18)28-20-19(31-17-5-3-2-4-6-17)11-16(12-26-20)22(23,24)25/h2-6,11-13,15H,7-10H2,1H3,(H,26,27,28). The van der Waals surface area contributed by atoms with Crippen molar-refractivity contribution in [3.63, 3.8) is 0 Å². The van der Waals surface area contributed by atoms with E-state index >= 15 is 0 Å². The lowest BCUT2D eigenvalue weighted by molar-refractivity contribution is -0.138. The number of halogens is 3. The first-order valence-corrected chi connectivity index (χ1v) is 11.0. The van der Waals surface area contributed by atoms with Gasteiger partial charge in [0.1, 0.15) is 5.75 Å². The molecule has 1 fully saturated rings. The van der Waals surface area contributed by atoms with Crippen LogP contribution in [-0.2, 0) is 11.0 Å². The van der Waals surface area contributed by atoms with E-state index in [4.69, 9.17) is 4.74 Å². The first-order chi connectivity index (χ1) is 15.3. The molecule has 6 nitrogen and oxygen atoms in total. The van der Waals surface area contributed by atoms with Crippen LogP contribution in [-0.4, -0.2) is 33.9 Å². The highest BCUT2D eigenvalue weighted by Crippen LogP contribution is 2.38. The number of likely N-dealkylation sites (tertiary alicyclic amines) is 1. The number of anilines is 2. The number of benzene rings is 1. The number of nitrogens with one attached hydrogen (secondary N) is 1. The second-order valence-electron chi connectivity index (χ2n) is 7.47. The third-order valence-corrected chi connectivity index (χ3v) is 6.03. The number of ether oxygens (including phenoxy) is 1. The van der Waals surface area contributed by atoms with E-state index in [2.05, 4.69) is 15.3 Å². The van der Waals surface area contributed by atoms with Crippen LogP contribution >= 0.6 is 11.3 Å². The van der Waals surface area contributed by atoms with Gasteiger partial charge in [-0.25, -0.2) is 9.97 Å². The van der Waals surface area contributed by atoms with Gasteiger partial charge in [-0.05, 0) is 31.0 Å². The number of amides is 1. The summed E-state index contributed by atoms with van der Waals surface area (Å²) in [5, 5.41) is 5.44. The topological polar surface area (TPSA) is 67.4 Å². The van der Waals surface area contributed by atoms with Gasteiger partial charge < -0.3 is 15.0 Å². The normalized spacial score (nSPS) is 14.9. The Labute approximate surface area is 187 Å². The molecule has 32 heavy (non-hydrogen) atoms. The molecule has 1 aliphatic heterocycles. The summed E-state index contributed by atoms with van der Waals surface area (Å²) in [6, 6.07) is 9.47. The number of carbonyl (C=O) groups is 1. The van der Waals surface area contributed by atoms with Crippen LogP contribution < -0.4 is 10.1 Å². The molecule has 1 aliphatic rings. The number of thiazole rings is 1. The molecule has 0 spiro atoms. The maximum absolute atomic E-state index is 13.2. The van der Waals surface area contributed by atoms with E-state index in [0.717, 1.165) is 30.8 Å². The van der Waals surface area contributed by atoms with Crippen LogP contribution in [0.25, 0.3) is 0 Å². The number of para-hydroxylation sites is 1. The Morgan fingerprint density at radius 3 is 2.59 bits per heavy atom. The summed E-state index contributed by atoms with van der Waals surface area (Å²) in [6.07, 6.45) is -2.12. The lowest BCUT2D eigenvalue weighted by atomic mass is 9.94. The number of nitrogens with zero attached hydrogens (tertiary/aromatic N) is 3. The second kappa shape index (κ2) is 9.15. The van der Waals surface area contributed by atoms with Crippen LogP contribution in [0.5, 0.6) is 11.5 Å². The number of pyridine rings is 1. The molecule has 2 aromatic heterocycles. The average molecular weight is 462 g/mol. The first kappa shape index (κ1) is 22.1. The average Bonchev–Trinajstić information content (AvgIpc) is 3.23. The molecule has 3 heterocycles. The smallest absolute Gasteiger partial charge is 0.418 e. The maximum Gasteiger partial charge on any atom is 0.418 e. The van der Waals surface area contributed by atoms with Crippen LogP contribution in [0.15, 0.2) is 48.0 Å². The molecule has 0 atom stereocenters. The Hall–Kier alpha value is -3.14. The fraction of sp³-hybridized carbons (Fsp3) is 0.318. The lowest BCUT2D eigenvalue weighted by Gasteiger charge is -2.30. The van der Waals surface area contributed by atoms with Gasteiger partial charge in [-0.1, -0.05) is 18.2 Å². The molecule has 1 aromatic carbocycles. The van der Waals surface area contributed by atoms with Crippen molar-refractivity contribution in [3.05, 3.63) is 59.2 Å². The molecular weight excluding hydrogens is 441 g/mol. The fourth-order valence-electron chi connectivity index (χ4n) is 3.51. The zero-order valence-electron chi connectivity index (χ0n) is 17.2. The van der Waals surface area contributed by atoms with Crippen molar-refractivity contribution >= 4 is 28.2 Å². The summed E-state index contributed by atoms with van der Waals surface area (Å²) in [6.45, 7) is 2.95. The summed E-state index contributed by atoms with van der Waals surface area (Å²) in [5.74, 6) is 0.807. The lowest BCUT2D eigenvalue weighted by Crippen LogP contribution is -2.36. The van der Waals surface area contributed by atoms with Gasteiger partial charge >= 0.3 is 6.18 Å². The summed E-state index contributed by atoms with van der Waals surface area (Å²) in [7, 11) is 0. The monoisotopic (exact) mass is 462 g/mol. The van der Waals surface area contributed by atoms with E-state index in [1.807, 2.05) is 10.3 Å². The van der Waals surface area contributed by atoms with Gasteiger partial charge in [0.25, 0.3) is 0 Å². The summed E-state index contributed by atoms with van der Waals surface area (Å²) < 4.78 is 45.3. The highest BCUT2D eigenvalue weighted by molar-refractivity contribution is 7.13. The van der Waals surface area contributed by atoms with Crippen molar-refractivity contribution in [2.45, 2.75) is 31.9 Å². The molecule has 0 saturated carbocycles. The molecule has 1 saturated heterocycles. The van der Waals surface area contributed by atoms with Gasteiger partial charge in [0.2, 0.25) is 5.91 Å². The Balaban J connectivity index is 1.53. The highest BCUT2D eigenvalue weighted by Gasteiger charge is 2.32. The van der Waals surface area contributed by atoms with E-state index in [-0.39, 0.29) is 23.4 Å². The minimum absolute atomic E-state index is 0.0439. The molecule has 10 heteroatoms. The van der Waals surface area contributed by atoms with Gasteiger partial charge in [0, 0.05) is 37.5 Å². The van der Waals surface area contributed by atoms with Gasteiger partial charge in [-0.2, -0.15) is 13.2 Å².